The Balaban J connectivity index is 2.10. The van der Waals surface area contributed by atoms with Crippen LogP contribution in [-0.4, -0.2) is 31.0 Å². The van der Waals surface area contributed by atoms with Gasteiger partial charge < -0.3 is 9.55 Å². The third kappa shape index (κ3) is 0.662. The fourth-order valence-electron chi connectivity index (χ4n) is 1.13. The van der Waals surface area contributed by atoms with Crippen molar-refractivity contribution in [3.05, 3.63) is 0 Å². The van der Waals surface area contributed by atoms with Gasteiger partial charge in [0.05, 0.1) is 0 Å². The number of nitrogens with zero attached hydrogens (tertiary/aromatic N) is 1. The summed E-state index contributed by atoms with van der Waals surface area (Å²) in [5, 5.41) is 0. The minimum Gasteiger partial charge on any atom is -0.371 e. The number of piperidine rings is 1. The first-order valence-electron chi connectivity index (χ1n) is 3.01. The molecule has 2 fully saturated rings. The predicted octanol–water partition coefficient (Wildman–Crippen LogP) is -0.583. The minimum atomic E-state index is -0.0914. The third-order valence-electron chi connectivity index (χ3n) is 1.76. The van der Waals surface area contributed by atoms with E-state index in [9.17, 15) is 4.79 Å². The molecule has 0 N–H and O–H groups in total. The summed E-state index contributed by atoms with van der Waals surface area (Å²) in [4.78, 5) is 11.9. The molecule has 2 aliphatic rings. The number of hydrogen-bond acceptors (Lipinski definition) is 2. The van der Waals surface area contributed by atoms with Gasteiger partial charge in [-0.3, -0.25) is 4.79 Å². The lowest BCUT2D eigenvalue weighted by molar-refractivity contribution is -0.128. The van der Waals surface area contributed by atoms with Crippen LogP contribution in [0.2, 0.25) is 0 Å². The highest BCUT2D eigenvalue weighted by Crippen LogP contribution is 2.33. The quantitative estimate of drug-likeness (QED) is 0.318. The van der Waals surface area contributed by atoms with Crippen molar-refractivity contribution in [3.8, 4) is 0 Å². The first kappa shape index (κ1) is 5.29. The molecule has 2 aliphatic heterocycles. The first-order chi connectivity index (χ1) is 4.29. The summed E-state index contributed by atoms with van der Waals surface area (Å²) >= 11 is 0. The second kappa shape index (κ2) is 1.50. The number of hydrogen-bond donors (Lipinski definition) is 0. The molecule has 3 nitrogen and oxygen atoms in total. The van der Waals surface area contributed by atoms with E-state index in [0.717, 1.165) is 6.42 Å². The monoisotopic (exact) mass is 123 g/mol. The van der Waals surface area contributed by atoms with Gasteiger partial charge in [-0.1, -0.05) is 0 Å². The van der Waals surface area contributed by atoms with Crippen molar-refractivity contribution < 1.29 is 9.53 Å². The Morgan fingerprint density at radius 1 is 1.78 bits per heavy atom. The lowest BCUT2D eigenvalue weighted by Gasteiger charge is -2.18. The van der Waals surface area contributed by atoms with Gasteiger partial charge in [-0.25, -0.2) is 0 Å². The van der Waals surface area contributed by atoms with Gasteiger partial charge in [0, 0.05) is 6.42 Å². The molecule has 0 aromatic heterocycles. The average Bonchev–Trinajstić information content (AvgIpc) is 2.58. The summed E-state index contributed by atoms with van der Waals surface area (Å²) in [6.45, 7) is 0. The molecule has 0 spiro atoms. The SMILES string of the molecule is [B]N1C(=O)CCC2OC21. The minimum absolute atomic E-state index is 0.00579. The lowest BCUT2D eigenvalue weighted by atomic mass is 10.1. The summed E-state index contributed by atoms with van der Waals surface area (Å²) in [5.41, 5.74) is 0. The van der Waals surface area contributed by atoms with E-state index in [0.29, 0.717) is 6.42 Å². The molecule has 9 heavy (non-hydrogen) atoms. The van der Waals surface area contributed by atoms with Gasteiger partial charge in [0.2, 0.25) is 13.9 Å². The first-order valence-corrected chi connectivity index (χ1v) is 3.01. The van der Waals surface area contributed by atoms with Crippen LogP contribution in [0.15, 0.2) is 0 Å². The van der Waals surface area contributed by atoms with Crippen LogP contribution in [0.25, 0.3) is 0 Å². The number of fused-ring (bicyclic) bond motifs is 1. The van der Waals surface area contributed by atoms with Gasteiger partial charge in [-0.05, 0) is 6.42 Å². The summed E-state index contributed by atoms with van der Waals surface area (Å²) in [6.07, 6.45) is 1.54. The fourth-order valence-corrected chi connectivity index (χ4v) is 1.13. The van der Waals surface area contributed by atoms with Gasteiger partial charge in [0.15, 0.2) is 0 Å². The molecule has 4 heteroatoms. The maximum absolute atomic E-state index is 10.8. The predicted molar refractivity (Wildman–Crippen MR) is 30.5 cm³/mol. The molecule has 2 radical (unpaired) electrons. The number of epoxide rings is 1. The maximum atomic E-state index is 10.8. The summed E-state index contributed by atoms with van der Waals surface area (Å²) < 4.78 is 5.04. The second-order valence-electron chi connectivity index (χ2n) is 2.40. The van der Waals surface area contributed by atoms with Crippen LogP contribution in [0.3, 0.4) is 0 Å². The van der Waals surface area contributed by atoms with Crippen LogP contribution < -0.4 is 0 Å². The zero-order valence-electron chi connectivity index (χ0n) is 4.91. The molecule has 2 saturated heterocycles. The zero-order valence-corrected chi connectivity index (χ0v) is 4.91. The Kier molecular flexibility index (Phi) is 0.885. The van der Waals surface area contributed by atoms with Crippen molar-refractivity contribution in [1.29, 1.82) is 0 Å². The van der Waals surface area contributed by atoms with Crippen molar-refractivity contribution in [3.63, 3.8) is 0 Å². The fraction of sp³-hybridized carbons (Fsp3) is 0.800. The molecule has 2 unspecified atom stereocenters. The molecule has 0 aromatic rings. The van der Waals surface area contributed by atoms with Crippen LogP contribution in [0.5, 0.6) is 0 Å². The van der Waals surface area contributed by atoms with Crippen molar-refractivity contribution in [2.45, 2.75) is 25.2 Å². The molecule has 0 saturated carbocycles. The van der Waals surface area contributed by atoms with Gasteiger partial charge >= 0.3 is 0 Å². The van der Waals surface area contributed by atoms with E-state index < -0.39 is 0 Å². The van der Waals surface area contributed by atoms with E-state index in [-0.39, 0.29) is 18.2 Å². The molecule has 2 heterocycles. The third-order valence-corrected chi connectivity index (χ3v) is 1.76. The summed E-state index contributed by atoms with van der Waals surface area (Å²) in [6, 6.07) is 0. The topological polar surface area (TPSA) is 32.8 Å². The number of carbonyl (C=O) groups is 1. The van der Waals surface area contributed by atoms with E-state index in [1.807, 2.05) is 0 Å². The van der Waals surface area contributed by atoms with E-state index >= 15 is 0 Å². The zero-order chi connectivity index (χ0) is 6.43. The van der Waals surface area contributed by atoms with Crippen LogP contribution in [0.4, 0.5) is 0 Å². The molecule has 46 valence electrons. The van der Waals surface area contributed by atoms with Crippen LogP contribution in [-0.2, 0) is 9.53 Å². The van der Waals surface area contributed by atoms with E-state index in [4.69, 9.17) is 12.7 Å². The molecular formula is C5H6BNO2. The smallest absolute Gasteiger partial charge is 0.234 e. The lowest BCUT2D eigenvalue weighted by Crippen LogP contribution is -2.35. The van der Waals surface area contributed by atoms with E-state index in [2.05, 4.69) is 0 Å². The molecule has 0 aromatic carbocycles. The summed E-state index contributed by atoms with van der Waals surface area (Å²) in [5.74, 6) is -0.00579. The molecule has 1 amide bonds. The van der Waals surface area contributed by atoms with E-state index in [1.165, 1.54) is 4.81 Å². The number of carbonyl (C=O) groups excluding carboxylic acids is 1. The standard InChI is InChI=1S/C5H6BNO2/c6-7-4(8)2-1-3-5(7)9-3/h3,5H,1-2H2. The van der Waals surface area contributed by atoms with Crippen molar-refractivity contribution in [2.24, 2.45) is 0 Å². The maximum Gasteiger partial charge on any atom is 0.234 e. The van der Waals surface area contributed by atoms with Gasteiger partial charge in [-0.2, -0.15) is 0 Å². The highest BCUT2D eigenvalue weighted by molar-refractivity contribution is 6.14. The van der Waals surface area contributed by atoms with Crippen molar-refractivity contribution in [1.82, 2.24) is 4.81 Å². The molecule has 2 rings (SSSR count). The van der Waals surface area contributed by atoms with Crippen molar-refractivity contribution >= 4 is 13.9 Å². The van der Waals surface area contributed by atoms with E-state index in [1.54, 1.807) is 0 Å². The van der Waals surface area contributed by atoms with Gasteiger partial charge in [0.25, 0.3) is 0 Å². The molecule has 2 atom stereocenters. The van der Waals surface area contributed by atoms with Gasteiger partial charge in [-0.15, -0.1) is 0 Å². The number of amides is 1. The summed E-state index contributed by atoms with van der Waals surface area (Å²) in [7, 11) is 5.32. The molecular weight excluding hydrogens is 117 g/mol. The highest BCUT2D eigenvalue weighted by atomic mass is 16.6. The highest BCUT2D eigenvalue weighted by Gasteiger charge is 2.46. The Labute approximate surface area is 54.4 Å². The largest absolute Gasteiger partial charge is 0.371 e. The van der Waals surface area contributed by atoms with Crippen molar-refractivity contribution in [2.75, 3.05) is 0 Å². The molecule has 0 aliphatic carbocycles. The van der Waals surface area contributed by atoms with Crippen LogP contribution >= 0.6 is 0 Å². The Hall–Kier alpha value is -0.505. The Bertz CT molecular complexity index is 161. The number of rotatable bonds is 0. The van der Waals surface area contributed by atoms with Crippen LogP contribution in [0, 0.1) is 0 Å². The normalized spacial score (nSPS) is 40.4. The average molecular weight is 123 g/mol. The van der Waals surface area contributed by atoms with Crippen LogP contribution in [0.1, 0.15) is 12.8 Å². The second-order valence-corrected chi connectivity index (χ2v) is 2.40. The Morgan fingerprint density at radius 2 is 2.56 bits per heavy atom. The van der Waals surface area contributed by atoms with Gasteiger partial charge in [0.1, 0.15) is 12.3 Å². The molecule has 0 bridgehead atoms. The number of ether oxygens (including phenoxy) is 1. The Morgan fingerprint density at radius 3 is 3.22 bits per heavy atom.